The van der Waals surface area contributed by atoms with Gasteiger partial charge in [-0.3, -0.25) is 14.4 Å². The van der Waals surface area contributed by atoms with Crippen LogP contribution >= 0.6 is 0 Å². The Labute approximate surface area is 141 Å². The maximum Gasteiger partial charge on any atom is 0.307 e. The fourth-order valence-corrected chi connectivity index (χ4v) is 1.93. The number of ether oxygens (including phenoxy) is 2. The molecule has 0 bridgehead atoms. The van der Waals surface area contributed by atoms with Gasteiger partial charge in [0.25, 0.3) is 5.91 Å². The van der Waals surface area contributed by atoms with Crippen LogP contribution in [0.25, 0.3) is 0 Å². The van der Waals surface area contributed by atoms with Crippen LogP contribution < -0.4 is 15.4 Å². The second-order valence-corrected chi connectivity index (χ2v) is 5.34. The third-order valence-corrected chi connectivity index (χ3v) is 3.01. The van der Waals surface area contributed by atoms with Crippen molar-refractivity contribution in [1.29, 1.82) is 0 Å². The van der Waals surface area contributed by atoms with Gasteiger partial charge < -0.3 is 20.1 Å². The number of amides is 2. The summed E-state index contributed by atoms with van der Waals surface area (Å²) in [5.74, 6) is -0.425. The maximum atomic E-state index is 12.0. The third-order valence-electron chi connectivity index (χ3n) is 3.01. The van der Waals surface area contributed by atoms with Crippen molar-refractivity contribution in [2.75, 3.05) is 20.2 Å². The lowest BCUT2D eigenvalue weighted by Crippen LogP contribution is -2.32. The van der Waals surface area contributed by atoms with Gasteiger partial charge in [0, 0.05) is 19.5 Å². The first-order valence-corrected chi connectivity index (χ1v) is 7.81. The number of hydrogen-bond acceptors (Lipinski definition) is 5. The number of esters is 1. The van der Waals surface area contributed by atoms with Crippen molar-refractivity contribution in [2.45, 2.75) is 32.8 Å². The van der Waals surface area contributed by atoms with E-state index >= 15 is 0 Å². The van der Waals surface area contributed by atoms with Crippen molar-refractivity contribution in [1.82, 2.24) is 10.6 Å². The van der Waals surface area contributed by atoms with E-state index in [0.717, 1.165) is 0 Å². The number of carbonyl (C=O) groups is 3. The lowest BCUT2D eigenvalue weighted by Gasteiger charge is -2.10. The molecule has 0 aromatic heterocycles. The Bertz CT molecular complexity index is 572. The van der Waals surface area contributed by atoms with E-state index in [1.165, 1.54) is 7.11 Å². The molecule has 2 N–H and O–H groups in total. The molecule has 0 atom stereocenters. The van der Waals surface area contributed by atoms with E-state index in [2.05, 4.69) is 10.6 Å². The lowest BCUT2D eigenvalue weighted by molar-refractivity contribution is -0.147. The van der Waals surface area contributed by atoms with Gasteiger partial charge in [0.15, 0.2) is 0 Å². The Morgan fingerprint density at radius 3 is 2.38 bits per heavy atom. The number of rotatable bonds is 9. The van der Waals surface area contributed by atoms with Gasteiger partial charge in [-0.1, -0.05) is 12.1 Å². The van der Waals surface area contributed by atoms with E-state index in [-0.39, 0.29) is 49.8 Å². The van der Waals surface area contributed by atoms with Crippen LogP contribution in [-0.2, 0) is 14.3 Å². The number of methoxy groups -OCH3 is 1. The molecule has 0 aliphatic rings. The normalized spacial score (nSPS) is 10.2. The van der Waals surface area contributed by atoms with Gasteiger partial charge in [-0.15, -0.1) is 0 Å². The summed E-state index contributed by atoms with van der Waals surface area (Å²) in [6.07, 6.45) is 0.0795. The van der Waals surface area contributed by atoms with E-state index in [1.807, 2.05) is 0 Å². The number of hydrogen-bond donors (Lipinski definition) is 2. The van der Waals surface area contributed by atoms with Crippen molar-refractivity contribution in [3.05, 3.63) is 29.8 Å². The summed E-state index contributed by atoms with van der Waals surface area (Å²) >= 11 is 0. The summed E-state index contributed by atoms with van der Waals surface area (Å²) in [5.41, 5.74) is 0.414. The molecule has 7 heteroatoms. The fraction of sp³-hybridized carbons (Fsp3) is 0.471. The monoisotopic (exact) mass is 336 g/mol. The van der Waals surface area contributed by atoms with Crippen molar-refractivity contribution >= 4 is 17.8 Å². The second-order valence-electron chi connectivity index (χ2n) is 5.34. The lowest BCUT2D eigenvalue weighted by atomic mass is 10.2. The minimum atomic E-state index is -0.352. The smallest absolute Gasteiger partial charge is 0.307 e. The first-order chi connectivity index (χ1) is 11.4. The Balaban J connectivity index is 2.25. The van der Waals surface area contributed by atoms with Gasteiger partial charge in [0.05, 0.1) is 25.2 Å². The SMILES string of the molecule is COc1ccccc1C(=O)NCCC(=O)NCCC(=O)OC(C)C. The van der Waals surface area contributed by atoms with E-state index < -0.39 is 0 Å². The molecule has 1 aromatic carbocycles. The second kappa shape index (κ2) is 10.3. The molecule has 0 radical (unpaired) electrons. The zero-order chi connectivity index (χ0) is 17.9. The van der Waals surface area contributed by atoms with Crippen molar-refractivity contribution in [3.8, 4) is 5.75 Å². The molecule has 0 saturated carbocycles. The molecule has 0 spiro atoms. The molecule has 0 aliphatic heterocycles. The van der Waals surface area contributed by atoms with Crippen LogP contribution in [0.5, 0.6) is 5.75 Å². The topological polar surface area (TPSA) is 93.7 Å². The molecule has 0 fully saturated rings. The summed E-state index contributed by atoms with van der Waals surface area (Å²) < 4.78 is 10.1. The van der Waals surface area contributed by atoms with E-state index in [1.54, 1.807) is 38.1 Å². The predicted octanol–water partition coefficient (Wildman–Crippen LogP) is 1.27. The van der Waals surface area contributed by atoms with Crippen LogP contribution in [0, 0.1) is 0 Å². The standard InChI is InChI=1S/C17H24N2O5/c1-12(2)24-16(21)9-11-18-15(20)8-10-19-17(22)13-6-4-5-7-14(13)23-3/h4-7,12H,8-11H2,1-3H3,(H,18,20)(H,19,22). The number of para-hydroxylation sites is 1. The first kappa shape index (κ1) is 19.5. The van der Waals surface area contributed by atoms with Crippen LogP contribution in [0.1, 0.15) is 37.0 Å². The third kappa shape index (κ3) is 7.13. The average molecular weight is 336 g/mol. The number of nitrogens with one attached hydrogen (secondary N) is 2. The molecular formula is C17H24N2O5. The highest BCUT2D eigenvalue weighted by Gasteiger charge is 2.11. The quantitative estimate of drug-likeness (QED) is 0.663. The van der Waals surface area contributed by atoms with Crippen LogP contribution in [0.3, 0.4) is 0 Å². The van der Waals surface area contributed by atoms with E-state index in [0.29, 0.717) is 11.3 Å². The maximum absolute atomic E-state index is 12.0. The molecule has 0 saturated heterocycles. The molecule has 24 heavy (non-hydrogen) atoms. The molecule has 132 valence electrons. The Kier molecular flexibility index (Phi) is 8.32. The number of benzene rings is 1. The highest BCUT2D eigenvalue weighted by atomic mass is 16.5. The highest BCUT2D eigenvalue weighted by Crippen LogP contribution is 2.16. The summed E-state index contributed by atoms with van der Waals surface area (Å²) in [4.78, 5) is 35.0. The molecule has 7 nitrogen and oxygen atoms in total. The summed E-state index contributed by atoms with van der Waals surface area (Å²) in [7, 11) is 1.49. The summed E-state index contributed by atoms with van der Waals surface area (Å²) in [5, 5.41) is 5.27. The van der Waals surface area contributed by atoms with Crippen molar-refractivity contribution in [2.24, 2.45) is 0 Å². The van der Waals surface area contributed by atoms with Gasteiger partial charge in [-0.2, -0.15) is 0 Å². The van der Waals surface area contributed by atoms with Gasteiger partial charge in [-0.25, -0.2) is 0 Å². The van der Waals surface area contributed by atoms with Crippen LogP contribution in [-0.4, -0.2) is 44.1 Å². The zero-order valence-corrected chi connectivity index (χ0v) is 14.3. The Morgan fingerprint density at radius 1 is 1.04 bits per heavy atom. The Hall–Kier alpha value is -2.57. The molecule has 0 heterocycles. The first-order valence-electron chi connectivity index (χ1n) is 7.81. The highest BCUT2D eigenvalue weighted by molar-refractivity contribution is 5.97. The molecule has 1 rings (SSSR count). The van der Waals surface area contributed by atoms with Gasteiger partial charge in [0.2, 0.25) is 5.91 Å². The minimum absolute atomic E-state index is 0.123. The molecule has 2 amide bonds. The minimum Gasteiger partial charge on any atom is -0.496 e. The Morgan fingerprint density at radius 2 is 1.71 bits per heavy atom. The molecule has 0 unspecified atom stereocenters. The van der Waals surface area contributed by atoms with Crippen molar-refractivity contribution in [3.63, 3.8) is 0 Å². The molecule has 1 aromatic rings. The fourth-order valence-electron chi connectivity index (χ4n) is 1.93. The van der Waals surface area contributed by atoms with E-state index in [9.17, 15) is 14.4 Å². The summed E-state index contributed by atoms with van der Waals surface area (Å²) in [6, 6.07) is 6.85. The molecule has 0 aliphatic carbocycles. The van der Waals surface area contributed by atoms with Crippen LogP contribution in [0.15, 0.2) is 24.3 Å². The molecular weight excluding hydrogens is 312 g/mol. The van der Waals surface area contributed by atoms with Gasteiger partial charge in [-0.05, 0) is 26.0 Å². The zero-order valence-electron chi connectivity index (χ0n) is 14.3. The summed E-state index contributed by atoms with van der Waals surface area (Å²) in [6.45, 7) is 3.94. The predicted molar refractivity (Wildman–Crippen MR) is 88.8 cm³/mol. The van der Waals surface area contributed by atoms with Crippen LogP contribution in [0.2, 0.25) is 0 Å². The van der Waals surface area contributed by atoms with E-state index in [4.69, 9.17) is 9.47 Å². The number of carbonyl (C=O) groups excluding carboxylic acids is 3. The van der Waals surface area contributed by atoms with Gasteiger partial charge >= 0.3 is 5.97 Å². The van der Waals surface area contributed by atoms with Gasteiger partial charge in [0.1, 0.15) is 5.75 Å². The van der Waals surface area contributed by atoms with Crippen LogP contribution in [0.4, 0.5) is 0 Å². The van der Waals surface area contributed by atoms with Crippen molar-refractivity contribution < 1.29 is 23.9 Å². The largest absolute Gasteiger partial charge is 0.496 e. The average Bonchev–Trinajstić information content (AvgIpc) is 2.53.